The summed E-state index contributed by atoms with van der Waals surface area (Å²) >= 11 is 9.56. The number of methoxy groups -OCH3 is 1. The van der Waals surface area contributed by atoms with E-state index < -0.39 is 74.6 Å². The Labute approximate surface area is 269 Å². The van der Waals surface area contributed by atoms with Gasteiger partial charge in [-0.15, -0.1) is 0 Å². The molecule has 45 heavy (non-hydrogen) atoms. The van der Waals surface area contributed by atoms with Crippen LogP contribution >= 0.6 is 49.6 Å². The Bertz CT molecular complexity index is 1670. The van der Waals surface area contributed by atoms with Gasteiger partial charge in [0.25, 0.3) is 5.91 Å². The number of thiol groups is 2. The monoisotopic (exact) mass is 723 g/mol. The molecule has 5 aliphatic rings. The van der Waals surface area contributed by atoms with Crippen molar-refractivity contribution < 1.29 is 46.2 Å². The molecule has 2 aromatic rings. The number of hydrogen-bond donors (Lipinski definition) is 5. The molecule has 5 aliphatic heterocycles. The molecular formula is C21H27N9O10P2S3. The number of guanidine groups is 1. The van der Waals surface area contributed by atoms with Gasteiger partial charge in [-0.25, -0.2) is 24.1 Å². The van der Waals surface area contributed by atoms with E-state index in [1.54, 1.807) is 0 Å². The van der Waals surface area contributed by atoms with Crippen LogP contribution < -0.4 is 16.8 Å². The number of carbonyl (C=O) groups excluding carboxylic acids is 1. The van der Waals surface area contributed by atoms with E-state index >= 15 is 0 Å². The first-order chi connectivity index (χ1) is 21.4. The van der Waals surface area contributed by atoms with E-state index in [-0.39, 0.29) is 31.4 Å². The van der Waals surface area contributed by atoms with Crippen LogP contribution in [0.4, 0.5) is 5.82 Å². The van der Waals surface area contributed by atoms with Crippen LogP contribution in [0.25, 0.3) is 11.0 Å². The second-order valence-electron chi connectivity index (χ2n) is 10.5. The van der Waals surface area contributed by atoms with Crippen LogP contribution in [0.15, 0.2) is 16.3 Å². The number of nitrogens with zero attached hydrogens (tertiary/aromatic N) is 6. The molecule has 0 aromatic carbocycles. The number of fused-ring (bicyclic) bond motifs is 5. The summed E-state index contributed by atoms with van der Waals surface area (Å²) in [6, 6.07) is -0.920. The van der Waals surface area contributed by atoms with E-state index in [0.717, 1.165) is 11.5 Å². The molecule has 1 amide bonds. The van der Waals surface area contributed by atoms with Crippen LogP contribution in [0.2, 0.25) is 0 Å². The molecule has 0 radical (unpaired) electrons. The number of nitrogen functional groups attached to an aromatic ring is 1. The van der Waals surface area contributed by atoms with Crippen molar-refractivity contribution >= 4 is 84.7 Å². The molecule has 11 atom stereocenters. The van der Waals surface area contributed by atoms with Crippen molar-refractivity contribution in [2.75, 3.05) is 26.1 Å². The van der Waals surface area contributed by atoms with E-state index in [9.17, 15) is 13.9 Å². The van der Waals surface area contributed by atoms with Crippen molar-refractivity contribution in [1.29, 1.82) is 0 Å². The van der Waals surface area contributed by atoms with Gasteiger partial charge in [0, 0.05) is 13.5 Å². The van der Waals surface area contributed by atoms with Crippen LogP contribution in [-0.4, -0.2) is 107 Å². The number of aliphatic imine (C=N–C) groups is 2. The highest BCUT2D eigenvalue weighted by molar-refractivity contribution is 8.44. The lowest BCUT2D eigenvalue weighted by molar-refractivity contribution is -0.124. The smallest absolute Gasteiger partial charge is 0.382 e. The topological polar surface area (TPSA) is 247 Å². The van der Waals surface area contributed by atoms with Gasteiger partial charge in [-0.3, -0.25) is 33.2 Å². The third-order valence-electron chi connectivity index (χ3n) is 7.73. The van der Waals surface area contributed by atoms with Crippen LogP contribution in [-0.2, 0) is 46.2 Å². The zero-order valence-electron chi connectivity index (χ0n) is 23.1. The number of hydrogen-bond acceptors (Lipinski definition) is 19. The Morgan fingerprint density at radius 1 is 1.07 bits per heavy atom. The molecule has 24 heteroatoms. The average molecular weight is 724 g/mol. The number of nitrogens with two attached hydrogens (primary N) is 2. The van der Waals surface area contributed by atoms with Crippen molar-refractivity contribution in [3.05, 3.63) is 11.2 Å². The van der Waals surface area contributed by atoms with E-state index in [0.29, 0.717) is 15.9 Å². The van der Waals surface area contributed by atoms with Gasteiger partial charge in [0.1, 0.15) is 41.8 Å². The van der Waals surface area contributed by atoms with E-state index in [1.807, 2.05) is 0 Å². The normalized spacial score (nSPS) is 41.9. The first-order valence-corrected chi connectivity index (χ1v) is 19.6. The molecule has 2 unspecified atom stereocenters. The Balaban J connectivity index is 1.16. The lowest BCUT2D eigenvalue weighted by Crippen LogP contribution is -2.57. The van der Waals surface area contributed by atoms with Gasteiger partial charge in [-0.05, 0) is 11.5 Å². The van der Waals surface area contributed by atoms with Gasteiger partial charge in [0.05, 0.1) is 36.6 Å². The maximum absolute atomic E-state index is 13.7. The highest BCUT2D eigenvalue weighted by Gasteiger charge is 2.55. The molecule has 5 N–H and O–H groups in total. The van der Waals surface area contributed by atoms with Gasteiger partial charge in [-0.2, -0.15) is 4.37 Å². The van der Waals surface area contributed by atoms with E-state index in [4.69, 9.17) is 43.8 Å². The lowest BCUT2D eigenvalue weighted by Gasteiger charge is -2.34. The molecule has 0 aliphatic carbocycles. The highest BCUT2D eigenvalue weighted by Crippen LogP contribution is 2.60. The van der Waals surface area contributed by atoms with E-state index in [2.05, 4.69) is 54.1 Å². The zero-order valence-corrected chi connectivity index (χ0v) is 27.5. The third-order valence-corrected chi connectivity index (χ3v) is 11.9. The molecule has 2 aromatic heterocycles. The Morgan fingerprint density at radius 3 is 2.60 bits per heavy atom. The maximum atomic E-state index is 13.7. The summed E-state index contributed by atoms with van der Waals surface area (Å²) in [4.78, 5) is 31.3. The summed E-state index contributed by atoms with van der Waals surface area (Å²) in [6.45, 7) is -8.93. The minimum atomic E-state index is -4.18. The summed E-state index contributed by atoms with van der Waals surface area (Å²) in [6.07, 6.45) is -4.60. The van der Waals surface area contributed by atoms with Crippen LogP contribution in [0.5, 0.6) is 0 Å². The minimum absolute atomic E-state index is 0.111. The number of rotatable bonds is 3. The molecule has 244 valence electrons. The fraction of sp³-hybridized carbons (Fsp3) is 0.619. The van der Waals surface area contributed by atoms with Gasteiger partial charge in [0.2, 0.25) is 0 Å². The first-order valence-electron chi connectivity index (χ1n) is 13.4. The molecule has 3 fully saturated rings. The predicted octanol–water partition coefficient (Wildman–Crippen LogP) is 0.615. The quantitative estimate of drug-likeness (QED) is 0.215. The highest BCUT2D eigenvalue weighted by atomic mass is 32.7. The molecule has 7 heterocycles. The van der Waals surface area contributed by atoms with Crippen LogP contribution in [0.3, 0.4) is 0 Å². The second-order valence-corrected chi connectivity index (χ2v) is 17.0. The van der Waals surface area contributed by atoms with Gasteiger partial charge in [0.15, 0.2) is 30.2 Å². The average Bonchev–Trinajstić information content (AvgIpc) is 3.74. The fourth-order valence-corrected chi connectivity index (χ4v) is 9.60. The van der Waals surface area contributed by atoms with Crippen molar-refractivity contribution in [1.82, 2.24) is 24.6 Å². The van der Waals surface area contributed by atoms with E-state index in [1.165, 1.54) is 24.7 Å². The number of ether oxygens (including phenoxy) is 3. The SMILES string of the molecule is CO[C@H]1[C@H]2O[P@@](=O)(S)OC[C@H]3O[C@@H](c4snc5c(N)ncnc45)C[C@@H]3O[P@](=O)(S)OC[C@H]1O[C@H]2N1C=NC2C(=O)NC(N)=NC21. The number of carbonyl (C=O) groups is 1. The van der Waals surface area contributed by atoms with Crippen LogP contribution in [0, 0.1) is 0 Å². The molecule has 0 spiro atoms. The summed E-state index contributed by atoms with van der Waals surface area (Å²) < 4.78 is 72.8. The number of nitrogens with one attached hydrogen (secondary N) is 1. The molecule has 3 saturated heterocycles. The maximum Gasteiger partial charge on any atom is 0.386 e. The predicted molar refractivity (Wildman–Crippen MR) is 164 cm³/mol. The fourth-order valence-electron chi connectivity index (χ4n) is 5.74. The zero-order chi connectivity index (χ0) is 31.7. The Kier molecular flexibility index (Phi) is 8.40. The van der Waals surface area contributed by atoms with Crippen molar-refractivity contribution in [3.8, 4) is 0 Å². The molecule has 7 rings (SSSR count). The van der Waals surface area contributed by atoms with Crippen LogP contribution in [0.1, 0.15) is 17.4 Å². The van der Waals surface area contributed by atoms with Gasteiger partial charge >= 0.3 is 13.6 Å². The summed E-state index contributed by atoms with van der Waals surface area (Å²) in [5, 5.41) is 2.42. The standard InChI is InChI=1S/C21H27N9O10P2S3/c1-34-14-10-4-36-41(32,43)39-7-2-8(16-11-12(29-45-16)17(22)25-5-24-11)37-9(7)3-35-42(33,44)40-15(14)20(38-10)30-6-26-13-18(30)27-21(23)28-19(13)31/h5-10,13-15,18,20H,2-4H2,1H3,(H,32,43)(H,33,44)(H2,22,24,25)(H3,23,27,28,31)/t7-,8+,9+,10+,13?,14+,15+,18?,20+,41+,42-/m0/s1. The Morgan fingerprint density at radius 2 is 1.82 bits per heavy atom. The second kappa shape index (κ2) is 11.9. The van der Waals surface area contributed by atoms with Crippen molar-refractivity contribution in [2.24, 2.45) is 15.7 Å². The van der Waals surface area contributed by atoms with Crippen molar-refractivity contribution in [3.63, 3.8) is 0 Å². The lowest BCUT2D eigenvalue weighted by atomic mass is 10.1. The molecular weight excluding hydrogens is 696 g/mol. The third kappa shape index (κ3) is 6.00. The van der Waals surface area contributed by atoms with Gasteiger partial charge in [-0.1, -0.05) is 24.5 Å². The van der Waals surface area contributed by atoms with Crippen molar-refractivity contribution in [2.45, 2.75) is 61.5 Å². The Hall–Kier alpha value is -1.94. The summed E-state index contributed by atoms with van der Waals surface area (Å²) in [5.74, 6) is -0.359. The summed E-state index contributed by atoms with van der Waals surface area (Å²) in [7, 11) is 1.38. The summed E-state index contributed by atoms with van der Waals surface area (Å²) in [5.41, 5.74) is 12.7. The number of aromatic nitrogens is 3. The minimum Gasteiger partial charge on any atom is -0.382 e. The number of amides is 1. The molecule has 0 saturated carbocycles. The molecule has 2 bridgehead atoms. The molecule has 19 nitrogen and oxygen atoms in total. The first kappa shape index (κ1) is 31.6. The van der Waals surface area contributed by atoms with Gasteiger partial charge < -0.3 is 30.6 Å². The largest absolute Gasteiger partial charge is 0.386 e. The number of anilines is 1.